The summed E-state index contributed by atoms with van der Waals surface area (Å²) in [6, 6.07) is 8.25. The number of carbonyl (C=O) groups is 1. The van der Waals surface area contributed by atoms with Crippen molar-refractivity contribution >= 4 is 11.6 Å². The van der Waals surface area contributed by atoms with Gasteiger partial charge in [-0.15, -0.1) is 0 Å². The number of benzene rings is 1. The zero-order chi connectivity index (χ0) is 15.4. The Bertz CT molecular complexity index is 678. The molecule has 1 aromatic rings. The molecule has 2 fully saturated rings. The van der Waals surface area contributed by atoms with E-state index >= 15 is 0 Å². The largest absolute Gasteiger partial charge is 0.325 e. The molecule has 1 saturated carbocycles. The van der Waals surface area contributed by atoms with Gasteiger partial charge in [0.05, 0.1) is 5.41 Å². The second-order valence-electron chi connectivity index (χ2n) is 7.92. The summed E-state index contributed by atoms with van der Waals surface area (Å²) in [7, 11) is 0. The predicted molar refractivity (Wildman–Crippen MR) is 93.4 cm³/mol. The minimum absolute atomic E-state index is 0. The summed E-state index contributed by atoms with van der Waals surface area (Å²) in [4.78, 5) is 15.2. The Balaban J connectivity index is 0.00000146. The van der Waals surface area contributed by atoms with E-state index in [9.17, 15) is 4.79 Å². The highest BCUT2D eigenvalue weighted by atomic mass is 16.2. The van der Waals surface area contributed by atoms with Crippen molar-refractivity contribution in [2.75, 3.05) is 25.0 Å². The van der Waals surface area contributed by atoms with Gasteiger partial charge in [-0.2, -0.15) is 0 Å². The first-order valence-corrected chi connectivity index (χ1v) is 9.06. The van der Waals surface area contributed by atoms with E-state index in [1.165, 1.54) is 24.9 Å². The smallest absolute Gasteiger partial charge is 0.235 e. The third kappa shape index (κ3) is 2.02. The Morgan fingerprint density at radius 1 is 1.17 bits per heavy atom. The summed E-state index contributed by atoms with van der Waals surface area (Å²) in [6.07, 6.45) is 9.57. The number of hydrogen-bond donors (Lipinski definition) is 1. The van der Waals surface area contributed by atoms with Gasteiger partial charge in [0.1, 0.15) is 0 Å². The van der Waals surface area contributed by atoms with Crippen LogP contribution in [-0.2, 0) is 10.2 Å². The molecule has 0 radical (unpaired) electrons. The number of fused-ring (bicyclic) bond motifs is 4. The van der Waals surface area contributed by atoms with Gasteiger partial charge in [-0.3, -0.25) is 4.79 Å². The molecule has 3 unspecified atom stereocenters. The number of allylic oxidation sites excluding steroid dienone is 2. The first-order valence-electron chi connectivity index (χ1n) is 9.06. The third-order valence-corrected chi connectivity index (χ3v) is 6.74. The van der Waals surface area contributed by atoms with E-state index in [4.69, 9.17) is 0 Å². The van der Waals surface area contributed by atoms with Gasteiger partial charge >= 0.3 is 0 Å². The Kier molecular flexibility index (Phi) is 2.96. The van der Waals surface area contributed by atoms with E-state index in [0.717, 1.165) is 49.4 Å². The number of para-hydroxylation sites is 1. The minimum Gasteiger partial charge on any atom is -0.325 e. The molecule has 2 bridgehead atoms. The van der Waals surface area contributed by atoms with Crippen LogP contribution in [0.2, 0.25) is 0 Å². The third-order valence-electron chi connectivity index (χ3n) is 6.74. The number of rotatable bonds is 2. The molecule has 3 heteroatoms. The van der Waals surface area contributed by atoms with Crippen LogP contribution in [0.15, 0.2) is 36.4 Å². The van der Waals surface area contributed by atoms with Crippen LogP contribution in [0.1, 0.15) is 32.7 Å². The number of carbonyl (C=O) groups excluding carboxylic acids is 1. The summed E-state index contributed by atoms with van der Waals surface area (Å²) >= 11 is 0. The van der Waals surface area contributed by atoms with Crippen LogP contribution in [0.5, 0.6) is 0 Å². The second kappa shape index (κ2) is 4.94. The monoisotopic (exact) mass is 310 g/mol. The van der Waals surface area contributed by atoms with Crippen LogP contribution in [0, 0.1) is 17.8 Å². The van der Waals surface area contributed by atoms with Crippen molar-refractivity contribution in [3.63, 3.8) is 0 Å². The average molecular weight is 310 g/mol. The Labute approximate surface area is 139 Å². The van der Waals surface area contributed by atoms with E-state index in [1.54, 1.807) is 0 Å². The number of piperidine rings is 1. The number of nitrogens with one attached hydrogen (secondary N) is 1. The van der Waals surface area contributed by atoms with Crippen LogP contribution in [0.4, 0.5) is 5.69 Å². The van der Waals surface area contributed by atoms with Crippen molar-refractivity contribution in [2.45, 2.75) is 31.1 Å². The molecule has 5 rings (SSSR count). The number of likely N-dealkylation sites (tertiary alicyclic amines) is 1. The van der Waals surface area contributed by atoms with Gasteiger partial charge in [-0.05, 0) is 68.2 Å². The standard InChI is InChI=1S/C20H24N2O.H2/c23-19-20(17-3-1-2-4-18(17)21-19)7-9-22(10-8-20)13-16-12-14-5-6-15(16)11-14;/h1-6,14-16H,7-13H2,(H,21,23);1H. The van der Waals surface area contributed by atoms with Gasteiger partial charge in [-0.1, -0.05) is 30.4 Å². The van der Waals surface area contributed by atoms with E-state index < -0.39 is 0 Å². The lowest BCUT2D eigenvalue weighted by Crippen LogP contribution is -2.47. The molecule has 122 valence electrons. The van der Waals surface area contributed by atoms with Gasteiger partial charge < -0.3 is 10.2 Å². The van der Waals surface area contributed by atoms with Crippen molar-refractivity contribution < 1.29 is 6.22 Å². The van der Waals surface area contributed by atoms with Crippen molar-refractivity contribution in [3.8, 4) is 0 Å². The quantitative estimate of drug-likeness (QED) is 0.849. The zero-order valence-electron chi connectivity index (χ0n) is 13.5. The fraction of sp³-hybridized carbons (Fsp3) is 0.550. The molecule has 0 aromatic heterocycles. The lowest BCUT2D eigenvalue weighted by molar-refractivity contribution is -0.122. The maximum absolute atomic E-state index is 12.6. The minimum atomic E-state index is -0.262. The molecule has 2 aliphatic carbocycles. The van der Waals surface area contributed by atoms with Crippen molar-refractivity contribution in [2.24, 2.45) is 17.8 Å². The first-order chi connectivity index (χ1) is 11.2. The number of anilines is 1. The van der Waals surface area contributed by atoms with E-state index in [1.807, 2.05) is 12.1 Å². The number of nitrogens with zero attached hydrogens (tertiary/aromatic N) is 1. The van der Waals surface area contributed by atoms with Gasteiger partial charge in [-0.25, -0.2) is 0 Å². The van der Waals surface area contributed by atoms with E-state index in [2.05, 4.69) is 34.5 Å². The molecule has 3 nitrogen and oxygen atoms in total. The highest BCUT2D eigenvalue weighted by Gasteiger charge is 2.48. The van der Waals surface area contributed by atoms with Crippen LogP contribution in [0.3, 0.4) is 0 Å². The molecule has 4 aliphatic rings. The molecule has 3 atom stereocenters. The summed E-state index contributed by atoms with van der Waals surface area (Å²) < 4.78 is 0. The van der Waals surface area contributed by atoms with Gasteiger partial charge in [0.2, 0.25) is 5.91 Å². The lowest BCUT2D eigenvalue weighted by Gasteiger charge is -2.39. The Morgan fingerprint density at radius 3 is 2.74 bits per heavy atom. The van der Waals surface area contributed by atoms with Crippen LogP contribution >= 0.6 is 0 Å². The van der Waals surface area contributed by atoms with Crippen LogP contribution in [-0.4, -0.2) is 30.4 Å². The van der Waals surface area contributed by atoms with Crippen molar-refractivity contribution in [1.82, 2.24) is 4.90 Å². The van der Waals surface area contributed by atoms with E-state index in [-0.39, 0.29) is 12.7 Å². The highest BCUT2D eigenvalue weighted by Crippen LogP contribution is 2.47. The molecule has 1 aromatic carbocycles. The zero-order valence-corrected chi connectivity index (χ0v) is 13.5. The Hall–Kier alpha value is -1.61. The molecule has 2 heterocycles. The Morgan fingerprint density at radius 2 is 2.00 bits per heavy atom. The van der Waals surface area contributed by atoms with Gasteiger partial charge in [0.25, 0.3) is 0 Å². The van der Waals surface area contributed by atoms with Gasteiger partial charge in [0.15, 0.2) is 0 Å². The fourth-order valence-electron chi connectivity index (χ4n) is 5.42. The predicted octanol–water partition coefficient (Wildman–Crippen LogP) is 3.43. The lowest BCUT2D eigenvalue weighted by atomic mass is 9.73. The summed E-state index contributed by atoms with van der Waals surface area (Å²) in [5, 5.41) is 3.10. The van der Waals surface area contributed by atoms with E-state index in [0.29, 0.717) is 0 Å². The summed E-state index contributed by atoms with van der Waals surface area (Å²) in [5.41, 5.74) is 2.00. The van der Waals surface area contributed by atoms with Crippen LogP contribution < -0.4 is 5.32 Å². The molecule has 23 heavy (non-hydrogen) atoms. The van der Waals surface area contributed by atoms with Crippen LogP contribution in [0.25, 0.3) is 0 Å². The SMILES string of the molecule is O=C1Nc2ccccc2C12CCN(CC1CC3C=CC1C3)CC2.[HH]. The maximum atomic E-state index is 12.6. The summed E-state index contributed by atoms with van der Waals surface area (Å²) in [6.45, 7) is 3.34. The number of hydrogen-bond acceptors (Lipinski definition) is 2. The molecule has 2 aliphatic heterocycles. The highest BCUT2D eigenvalue weighted by molar-refractivity contribution is 6.06. The average Bonchev–Trinajstić information content (AvgIpc) is 3.25. The molecule has 1 spiro atoms. The fourth-order valence-corrected chi connectivity index (χ4v) is 5.42. The second-order valence-corrected chi connectivity index (χ2v) is 7.92. The topological polar surface area (TPSA) is 32.3 Å². The molecular weight excluding hydrogens is 284 g/mol. The number of amides is 1. The van der Waals surface area contributed by atoms with Gasteiger partial charge in [0, 0.05) is 13.7 Å². The first kappa shape index (κ1) is 13.8. The maximum Gasteiger partial charge on any atom is 0.235 e. The molecule has 1 amide bonds. The summed E-state index contributed by atoms with van der Waals surface area (Å²) in [5.74, 6) is 2.75. The molecule has 1 saturated heterocycles. The van der Waals surface area contributed by atoms with Crippen molar-refractivity contribution in [1.29, 1.82) is 0 Å². The molecular formula is C20H26N2O. The normalized spacial score (nSPS) is 34.1. The van der Waals surface area contributed by atoms with Crippen molar-refractivity contribution in [3.05, 3.63) is 42.0 Å². The molecule has 1 N–H and O–H groups in total.